The van der Waals surface area contributed by atoms with Gasteiger partial charge in [0.2, 0.25) is 0 Å². The third kappa shape index (κ3) is 3.10. The minimum absolute atomic E-state index is 0.0475. The van der Waals surface area contributed by atoms with Crippen molar-refractivity contribution in [2.24, 2.45) is 0 Å². The summed E-state index contributed by atoms with van der Waals surface area (Å²) in [6, 6.07) is 10.2. The summed E-state index contributed by atoms with van der Waals surface area (Å²) < 4.78 is 5.41. The third-order valence-corrected chi connectivity index (χ3v) is 3.45. The number of nitrogens with zero attached hydrogens (tertiary/aromatic N) is 1. The summed E-state index contributed by atoms with van der Waals surface area (Å²) in [6.45, 7) is 5.64. The maximum atomic E-state index is 12.1. The first-order valence-corrected chi connectivity index (χ1v) is 6.65. The van der Waals surface area contributed by atoms with Crippen molar-refractivity contribution in [2.75, 3.05) is 6.54 Å². The topological polar surface area (TPSA) is 29.5 Å². The van der Waals surface area contributed by atoms with E-state index >= 15 is 0 Å². The van der Waals surface area contributed by atoms with Crippen LogP contribution in [0.2, 0.25) is 0 Å². The van der Waals surface area contributed by atoms with E-state index in [1.807, 2.05) is 30.3 Å². The van der Waals surface area contributed by atoms with Gasteiger partial charge in [0.05, 0.1) is 0 Å². The number of rotatable bonds is 4. The molecule has 3 heteroatoms. The molecule has 18 heavy (non-hydrogen) atoms. The SMILES string of the molecule is CC(C)N1CCC[C@H]1C(=O)OCc1ccccc1. The zero-order valence-electron chi connectivity index (χ0n) is 11.1. The first-order valence-electron chi connectivity index (χ1n) is 6.65. The second-order valence-electron chi connectivity index (χ2n) is 5.08. The van der Waals surface area contributed by atoms with Gasteiger partial charge < -0.3 is 4.74 Å². The maximum Gasteiger partial charge on any atom is 0.323 e. The molecule has 0 saturated carbocycles. The molecule has 0 radical (unpaired) electrons. The Morgan fingerprint density at radius 3 is 2.78 bits per heavy atom. The highest BCUT2D eigenvalue weighted by Crippen LogP contribution is 2.21. The zero-order chi connectivity index (χ0) is 13.0. The Balaban J connectivity index is 1.88. The lowest BCUT2D eigenvalue weighted by atomic mass is 10.2. The largest absolute Gasteiger partial charge is 0.460 e. The van der Waals surface area contributed by atoms with E-state index in [-0.39, 0.29) is 12.0 Å². The Bertz CT molecular complexity index is 389. The quantitative estimate of drug-likeness (QED) is 0.766. The number of esters is 1. The van der Waals surface area contributed by atoms with Gasteiger partial charge in [0.25, 0.3) is 0 Å². The molecule has 1 aliphatic rings. The lowest BCUT2D eigenvalue weighted by Gasteiger charge is -2.26. The molecule has 1 heterocycles. The molecule has 0 unspecified atom stereocenters. The maximum absolute atomic E-state index is 12.1. The first-order chi connectivity index (χ1) is 8.68. The number of hydrogen-bond donors (Lipinski definition) is 0. The van der Waals surface area contributed by atoms with Crippen LogP contribution in [0.1, 0.15) is 32.3 Å². The fraction of sp³-hybridized carbons (Fsp3) is 0.533. The highest BCUT2D eigenvalue weighted by Gasteiger charge is 2.33. The Kier molecular flexibility index (Phi) is 4.37. The molecule has 1 saturated heterocycles. The van der Waals surface area contributed by atoms with Gasteiger partial charge in [-0.1, -0.05) is 30.3 Å². The van der Waals surface area contributed by atoms with Crippen molar-refractivity contribution < 1.29 is 9.53 Å². The molecule has 2 rings (SSSR count). The van der Waals surface area contributed by atoms with E-state index in [1.165, 1.54) is 0 Å². The third-order valence-electron chi connectivity index (χ3n) is 3.45. The number of benzene rings is 1. The summed E-state index contributed by atoms with van der Waals surface area (Å²) in [6.07, 6.45) is 2.01. The van der Waals surface area contributed by atoms with Gasteiger partial charge in [0, 0.05) is 6.04 Å². The molecule has 1 fully saturated rings. The predicted octanol–water partition coefficient (Wildman–Crippen LogP) is 2.60. The molecule has 98 valence electrons. The van der Waals surface area contributed by atoms with Crippen molar-refractivity contribution in [3.8, 4) is 0 Å². The van der Waals surface area contributed by atoms with Crippen LogP contribution in [0, 0.1) is 0 Å². The van der Waals surface area contributed by atoms with Crippen molar-refractivity contribution >= 4 is 5.97 Å². The molecule has 0 N–H and O–H groups in total. The molecule has 1 aromatic rings. The van der Waals surface area contributed by atoms with E-state index < -0.39 is 0 Å². The summed E-state index contributed by atoms with van der Waals surface area (Å²) in [5.74, 6) is -0.0787. The molecular formula is C15H21NO2. The van der Waals surface area contributed by atoms with Crippen LogP contribution in [0.4, 0.5) is 0 Å². The van der Waals surface area contributed by atoms with Crippen molar-refractivity contribution in [2.45, 2.75) is 45.4 Å². The van der Waals surface area contributed by atoms with Crippen molar-refractivity contribution in [1.29, 1.82) is 0 Å². The molecule has 1 atom stereocenters. The van der Waals surface area contributed by atoms with Crippen LogP contribution in [0.5, 0.6) is 0 Å². The first kappa shape index (κ1) is 13.1. The fourth-order valence-corrected chi connectivity index (χ4v) is 2.49. The summed E-state index contributed by atoms with van der Waals surface area (Å²) in [5.41, 5.74) is 1.04. The average Bonchev–Trinajstić information content (AvgIpc) is 2.86. The summed E-state index contributed by atoms with van der Waals surface area (Å²) in [5, 5.41) is 0. The van der Waals surface area contributed by atoms with E-state index in [2.05, 4.69) is 18.7 Å². The monoisotopic (exact) mass is 247 g/mol. The van der Waals surface area contributed by atoms with Gasteiger partial charge in [-0.15, -0.1) is 0 Å². The summed E-state index contributed by atoms with van der Waals surface area (Å²) >= 11 is 0. The van der Waals surface area contributed by atoms with E-state index in [1.54, 1.807) is 0 Å². The molecule has 3 nitrogen and oxygen atoms in total. The van der Waals surface area contributed by atoms with Gasteiger partial charge in [0.1, 0.15) is 12.6 Å². The standard InChI is InChI=1S/C15H21NO2/c1-12(2)16-10-6-9-14(16)15(17)18-11-13-7-4-3-5-8-13/h3-5,7-8,12,14H,6,9-11H2,1-2H3/t14-/m0/s1. The van der Waals surface area contributed by atoms with E-state index in [0.29, 0.717) is 12.6 Å². The Morgan fingerprint density at radius 1 is 1.39 bits per heavy atom. The van der Waals surface area contributed by atoms with Crippen molar-refractivity contribution in [1.82, 2.24) is 4.90 Å². The zero-order valence-corrected chi connectivity index (χ0v) is 11.1. The van der Waals surface area contributed by atoms with Crippen LogP contribution in [0.3, 0.4) is 0 Å². The highest BCUT2D eigenvalue weighted by molar-refractivity contribution is 5.76. The summed E-state index contributed by atoms with van der Waals surface area (Å²) in [4.78, 5) is 14.3. The number of ether oxygens (including phenoxy) is 1. The van der Waals surface area contributed by atoms with Crippen molar-refractivity contribution in [3.63, 3.8) is 0 Å². The second kappa shape index (κ2) is 6.01. The lowest BCUT2D eigenvalue weighted by Crippen LogP contribution is -2.41. The van der Waals surface area contributed by atoms with Gasteiger partial charge in [-0.2, -0.15) is 0 Å². The van der Waals surface area contributed by atoms with Crippen molar-refractivity contribution in [3.05, 3.63) is 35.9 Å². The number of likely N-dealkylation sites (tertiary alicyclic amines) is 1. The highest BCUT2D eigenvalue weighted by atomic mass is 16.5. The Labute approximate surface area is 109 Å². The van der Waals surface area contributed by atoms with E-state index in [0.717, 1.165) is 24.9 Å². The van der Waals surface area contributed by atoms with Gasteiger partial charge in [-0.25, -0.2) is 0 Å². The lowest BCUT2D eigenvalue weighted by molar-refractivity contribution is -0.150. The summed E-state index contributed by atoms with van der Waals surface area (Å²) in [7, 11) is 0. The van der Waals surface area contributed by atoms with Crippen LogP contribution in [-0.4, -0.2) is 29.5 Å². The van der Waals surface area contributed by atoms with E-state index in [9.17, 15) is 4.79 Å². The normalized spacial score (nSPS) is 20.3. The second-order valence-corrected chi connectivity index (χ2v) is 5.08. The number of hydrogen-bond acceptors (Lipinski definition) is 3. The molecule has 0 bridgehead atoms. The minimum atomic E-state index is -0.0787. The van der Waals surface area contributed by atoms with Gasteiger partial charge in [0.15, 0.2) is 0 Å². The van der Waals surface area contributed by atoms with Crippen LogP contribution in [-0.2, 0) is 16.1 Å². The smallest absolute Gasteiger partial charge is 0.323 e. The van der Waals surface area contributed by atoms with Gasteiger partial charge >= 0.3 is 5.97 Å². The van der Waals surface area contributed by atoms with E-state index in [4.69, 9.17) is 4.74 Å². The van der Waals surface area contributed by atoms with Crippen LogP contribution in [0.25, 0.3) is 0 Å². The average molecular weight is 247 g/mol. The van der Waals surface area contributed by atoms with Crippen LogP contribution < -0.4 is 0 Å². The fourth-order valence-electron chi connectivity index (χ4n) is 2.49. The predicted molar refractivity (Wildman–Crippen MR) is 71.1 cm³/mol. The molecular weight excluding hydrogens is 226 g/mol. The Morgan fingerprint density at radius 2 is 2.11 bits per heavy atom. The Hall–Kier alpha value is -1.35. The van der Waals surface area contributed by atoms with Crippen LogP contribution in [0.15, 0.2) is 30.3 Å². The van der Waals surface area contributed by atoms with Gasteiger partial charge in [-0.05, 0) is 38.8 Å². The molecule has 1 aliphatic heterocycles. The molecule has 0 spiro atoms. The van der Waals surface area contributed by atoms with Crippen LogP contribution >= 0.6 is 0 Å². The number of carbonyl (C=O) groups excluding carboxylic acids is 1. The number of carbonyl (C=O) groups is 1. The van der Waals surface area contributed by atoms with Gasteiger partial charge in [-0.3, -0.25) is 9.69 Å². The molecule has 0 amide bonds. The minimum Gasteiger partial charge on any atom is -0.460 e. The molecule has 0 aliphatic carbocycles. The molecule has 1 aromatic carbocycles. The molecule has 0 aromatic heterocycles.